The van der Waals surface area contributed by atoms with Crippen LogP contribution in [0.5, 0.6) is 5.88 Å². The van der Waals surface area contributed by atoms with E-state index in [1.807, 2.05) is 60.7 Å². The van der Waals surface area contributed by atoms with Crippen LogP contribution >= 0.6 is 0 Å². The van der Waals surface area contributed by atoms with Crippen LogP contribution in [0.2, 0.25) is 0 Å². The number of benzene rings is 4. The molecule has 6 rings (SSSR count). The van der Waals surface area contributed by atoms with E-state index < -0.39 is 10.0 Å². The zero-order valence-electron chi connectivity index (χ0n) is 24.8. The molecule has 0 radical (unpaired) electrons. The lowest BCUT2D eigenvalue weighted by Gasteiger charge is -2.28. The van der Waals surface area contributed by atoms with E-state index in [2.05, 4.69) is 19.9 Å². The summed E-state index contributed by atoms with van der Waals surface area (Å²) >= 11 is 0. The summed E-state index contributed by atoms with van der Waals surface area (Å²) in [6, 6.07) is 30.0. The normalized spacial score (nSPS) is 14.4. The Hall–Kier alpha value is -4.97. The molecule has 10 nitrogen and oxygen atoms in total. The predicted molar refractivity (Wildman–Crippen MR) is 178 cm³/mol. The molecule has 230 valence electrons. The first-order valence-electron chi connectivity index (χ1n) is 14.7. The number of hydrogen-bond donors (Lipinski definition) is 4. The maximum Gasteiger partial charge on any atom is 0.261 e. The standard InChI is InChI=1S/C34H34N6O4S/c1-39(31(41)23-40-20-18-35-19-21-40)27-14-12-25(13-15-27)36-33(24-8-4-2-5-9-24)32-29-22-28(16-17-30(29)37-34(32)42)45(43,44)38-26-10-6-3-7-11-26/h2-17,22,35,37-38,42H,18-21,23H2,1H3. The number of carbonyl (C=O) groups excluding carboxylic acids is 1. The Balaban J connectivity index is 1.35. The molecule has 0 atom stereocenters. The summed E-state index contributed by atoms with van der Waals surface area (Å²) in [4.78, 5) is 24.7. The number of sulfonamides is 1. The Bertz CT molecular complexity index is 1940. The van der Waals surface area contributed by atoms with Gasteiger partial charge in [0.1, 0.15) is 0 Å². The van der Waals surface area contributed by atoms with Crippen molar-refractivity contribution in [2.45, 2.75) is 4.90 Å². The highest BCUT2D eigenvalue weighted by Crippen LogP contribution is 2.33. The molecule has 0 unspecified atom stereocenters. The average molecular weight is 623 g/mol. The second-order valence-electron chi connectivity index (χ2n) is 10.8. The Morgan fingerprint density at radius 3 is 2.29 bits per heavy atom. The lowest BCUT2D eigenvalue weighted by molar-refractivity contribution is -0.119. The van der Waals surface area contributed by atoms with E-state index in [4.69, 9.17) is 4.99 Å². The third-order valence-corrected chi connectivity index (χ3v) is 9.17. The monoisotopic (exact) mass is 622 g/mol. The Morgan fingerprint density at radius 2 is 1.60 bits per heavy atom. The molecule has 0 bridgehead atoms. The second-order valence-corrected chi connectivity index (χ2v) is 12.5. The number of piperazine rings is 1. The van der Waals surface area contributed by atoms with Crippen molar-refractivity contribution in [3.63, 3.8) is 0 Å². The van der Waals surface area contributed by atoms with Crippen LogP contribution in [0.15, 0.2) is 113 Å². The molecule has 5 aromatic rings. The van der Waals surface area contributed by atoms with Gasteiger partial charge in [0.15, 0.2) is 5.88 Å². The molecular formula is C34H34N6O4S. The van der Waals surface area contributed by atoms with Crippen LogP contribution in [-0.2, 0) is 14.8 Å². The number of carbonyl (C=O) groups is 1. The molecule has 1 aliphatic heterocycles. The third kappa shape index (κ3) is 6.75. The van der Waals surface area contributed by atoms with Crippen molar-refractivity contribution in [2.24, 2.45) is 4.99 Å². The molecule has 1 aromatic heterocycles. The number of anilines is 2. The van der Waals surface area contributed by atoms with E-state index in [1.165, 1.54) is 12.1 Å². The number of rotatable bonds is 9. The highest BCUT2D eigenvalue weighted by Gasteiger charge is 2.22. The molecule has 1 saturated heterocycles. The Kier molecular flexibility index (Phi) is 8.65. The van der Waals surface area contributed by atoms with Gasteiger partial charge in [0.25, 0.3) is 10.0 Å². The number of H-pyrrole nitrogens is 1. The Morgan fingerprint density at radius 1 is 0.933 bits per heavy atom. The maximum atomic E-state index is 13.3. The summed E-state index contributed by atoms with van der Waals surface area (Å²) < 4.78 is 29.2. The van der Waals surface area contributed by atoms with Crippen LogP contribution in [0.4, 0.5) is 17.1 Å². The van der Waals surface area contributed by atoms with Gasteiger partial charge in [-0.1, -0.05) is 48.5 Å². The second kappa shape index (κ2) is 12.9. The van der Waals surface area contributed by atoms with Crippen molar-refractivity contribution in [2.75, 3.05) is 49.4 Å². The van der Waals surface area contributed by atoms with Gasteiger partial charge in [0.05, 0.1) is 28.4 Å². The van der Waals surface area contributed by atoms with E-state index in [-0.39, 0.29) is 16.7 Å². The molecule has 1 fully saturated rings. The van der Waals surface area contributed by atoms with Gasteiger partial charge in [-0.25, -0.2) is 13.4 Å². The van der Waals surface area contributed by atoms with E-state index in [0.29, 0.717) is 40.1 Å². The van der Waals surface area contributed by atoms with Crippen LogP contribution < -0.4 is 14.9 Å². The van der Waals surface area contributed by atoms with Crippen molar-refractivity contribution in [3.8, 4) is 5.88 Å². The van der Waals surface area contributed by atoms with Gasteiger partial charge in [0, 0.05) is 61.1 Å². The molecule has 4 N–H and O–H groups in total. The SMILES string of the molecule is CN(C(=O)CN1CCNCC1)c1ccc(N=C(c2ccccc2)c2c(O)[nH]c3ccc(S(=O)(=O)Nc4ccccc4)cc23)cc1. The predicted octanol–water partition coefficient (Wildman–Crippen LogP) is 4.71. The first-order chi connectivity index (χ1) is 21.8. The highest BCUT2D eigenvalue weighted by molar-refractivity contribution is 7.92. The average Bonchev–Trinajstić information content (AvgIpc) is 3.39. The van der Waals surface area contributed by atoms with Crippen molar-refractivity contribution in [1.29, 1.82) is 0 Å². The fraction of sp³-hybridized carbons (Fsp3) is 0.176. The number of fused-ring (bicyclic) bond motifs is 1. The first-order valence-corrected chi connectivity index (χ1v) is 16.1. The van der Waals surface area contributed by atoms with Gasteiger partial charge in [-0.15, -0.1) is 0 Å². The largest absolute Gasteiger partial charge is 0.494 e. The summed E-state index contributed by atoms with van der Waals surface area (Å²) in [6.07, 6.45) is 0. The smallest absolute Gasteiger partial charge is 0.261 e. The van der Waals surface area contributed by atoms with Crippen molar-refractivity contribution < 1.29 is 18.3 Å². The number of aromatic nitrogens is 1. The number of aliphatic imine (C=N–C) groups is 1. The number of amides is 1. The minimum atomic E-state index is -3.91. The molecule has 0 spiro atoms. The van der Waals surface area contributed by atoms with Crippen LogP contribution in [0.3, 0.4) is 0 Å². The third-order valence-electron chi connectivity index (χ3n) is 7.79. The quantitative estimate of drug-likeness (QED) is 0.176. The van der Waals surface area contributed by atoms with Gasteiger partial charge in [0.2, 0.25) is 5.91 Å². The van der Waals surface area contributed by atoms with Crippen molar-refractivity contribution >= 4 is 49.6 Å². The van der Waals surface area contributed by atoms with E-state index >= 15 is 0 Å². The molecule has 11 heteroatoms. The fourth-order valence-corrected chi connectivity index (χ4v) is 6.42. The number of aromatic amines is 1. The number of para-hydroxylation sites is 1. The highest BCUT2D eigenvalue weighted by atomic mass is 32.2. The molecule has 45 heavy (non-hydrogen) atoms. The summed E-state index contributed by atoms with van der Waals surface area (Å²) in [7, 11) is -2.15. The van der Waals surface area contributed by atoms with Crippen LogP contribution in [0.1, 0.15) is 11.1 Å². The molecule has 1 amide bonds. The number of aromatic hydroxyl groups is 1. The molecular weight excluding hydrogens is 588 g/mol. The number of nitrogens with one attached hydrogen (secondary N) is 3. The van der Waals surface area contributed by atoms with Crippen LogP contribution in [0, 0.1) is 0 Å². The van der Waals surface area contributed by atoms with E-state index in [1.54, 1.807) is 42.3 Å². The van der Waals surface area contributed by atoms with Gasteiger partial charge in [-0.3, -0.25) is 14.4 Å². The number of hydrogen-bond acceptors (Lipinski definition) is 7. The molecule has 0 saturated carbocycles. The maximum absolute atomic E-state index is 13.3. The minimum Gasteiger partial charge on any atom is -0.494 e. The Labute approximate surface area is 262 Å². The summed E-state index contributed by atoms with van der Waals surface area (Å²) in [5.41, 5.74) is 3.92. The van der Waals surface area contributed by atoms with Gasteiger partial charge in [-0.2, -0.15) is 0 Å². The van der Waals surface area contributed by atoms with Gasteiger partial charge < -0.3 is 20.3 Å². The van der Waals surface area contributed by atoms with Crippen LogP contribution in [0.25, 0.3) is 10.9 Å². The molecule has 2 heterocycles. The van der Waals surface area contributed by atoms with Gasteiger partial charge >= 0.3 is 0 Å². The summed E-state index contributed by atoms with van der Waals surface area (Å²) in [5.74, 6) is -0.123. The van der Waals surface area contributed by atoms with Gasteiger partial charge in [-0.05, 0) is 54.6 Å². The molecule has 0 aliphatic carbocycles. The lowest BCUT2D eigenvalue weighted by atomic mass is 10.0. The van der Waals surface area contributed by atoms with Crippen LogP contribution in [-0.4, -0.2) is 74.8 Å². The first kappa shape index (κ1) is 30.1. The summed E-state index contributed by atoms with van der Waals surface area (Å²) in [6.45, 7) is 3.79. The zero-order chi connectivity index (χ0) is 31.4. The lowest BCUT2D eigenvalue weighted by Crippen LogP contribution is -2.47. The number of likely N-dealkylation sites (N-methyl/N-ethyl adjacent to an activating group) is 1. The topological polar surface area (TPSA) is 130 Å². The summed E-state index contributed by atoms with van der Waals surface area (Å²) in [5, 5.41) is 14.9. The molecule has 4 aromatic carbocycles. The van der Waals surface area contributed by atoms with Crippen molar-refractivity contribution in [3.05, 3.63) is 114 Å². The van der Waals surface area contributed by atoms with E-state index in [0.717, 1.165) is 37.4 Å². The zero-order valence-corrected chi connectivity index (χ0v) is 25.6. The van der Waals surface area contributed by atoms with Crippen molar-refractivity contribution in [1.82, 2.24) is 15.2 Å². The number of nitrogens with zero attached hydrogens (tertiary/aromatic N) is 3. The minimum absolute atomic E-state index is 0.00866. The fourth-order valence-electron chi connectivity index (χ4n) is 5.34. The molecule has 1 aliphatic rings. The van der Waals surface area contributed by atoms with E-state index in [9.17, 15) is 18.3 Å².